The Kier molecular flexibility index (Phi) is 6.94. The highest BCUT2D eigenvalue weighted by molar-refractivity contribution is 5.78. The van der Waals surface area contributed by atoms with Crippen molar-refractivity contribution < 1.29 is 14.2 Å². The van der Waals surface area contributed by atoms with Gasteiger partial charge in [0.2, 0.25) is 11.6 Å². The maximum atomic E-state index is 6.16. The van der Waals surface area contributed by atoms with Crippen LogP contribution in [0.1, 0.15) is 31.2 Å². The van der Waals surface area contributed by atoms with E-state index in [1.165, 1.54) is 25.7 Å². The van der Waals surface area contributed by atoms with Gasteiger partial charge in [0, 0.05) is 25.4 Å². The third-order valence-corrected chi connectivity index (χ3v) is 4.74. The molecule has 0 atom stereocenters. The lowest BCUT2D eigenvalue weighted by Crippen LogP contribution is -2.38. The lowest BCUT2D eigenvalue weighted by Gasteiger charge is -2.21. The summed E-state index contributed by atoms with van der Waals surface area (Å²) in [4.78, 5) is 11.1. The molecular formula is C21H28N4O3. The van der Waals surface area contributed by atoms with Gasteiger partial charge in [0.15, 0.2) is 17.5 Å². The molecule has 1 aromatic carbocycles. The monoisotopic (exact) mass is 384 g/mol. The summed E-state index contributed by atoms with van der Waals surface area (Å²) in [7, 11) is 3.18. The molecule has 0 bridgehead atoms. The van der Waals surface area contributed by atoms with Crippen molar-refractivity contribution in [3.05, 3.63) is 42.1 Å². The highest BCUT2D eigenvalue weighted by Crippen LogP contribution is 2.39. The Morgan fingerprint density at radius 2 is 1.71 bits per heavy atom. The van der Waals surface area contributed by atoms with Gasteiger partial charge in [-0.05, 0) is 30.5 Å². The Morgan fingerprint density at radius 1 is 1.04 bits per heavy atom. The molecule has 0 unspecified atom stereocenters. The predicted octanol–water partition coefficient (Wildman–Crippen LogP) is 3.58. The molecule has 0 saturated carbocycles. The van der Waals surface area contributed by atoms with E-state index in [1.54, 1.807) is 26.5 Å². The molecule has 28 heavy (non-hydrogen) atoms. The summed E-state index contributed by atoms with van der Waals surface area (Å²) in [5.41, 5.74) is 7.13. The van der Waals surface area contributed by atoms with Gasteiger partial charge in [-0.2, -0.15) is 0 Å². The fraction of sp³-hybridized carbons (Fsp3) is 0.429. The number of benzene rings is 1. The number of aromatic nitrogens is 1. The van der Waals surface area contributed by atoms with Gasteiger partial charge in [-0.3, -0.25) is 0 Å². The van der Waals surface area contributed by atoms with Crippen molar-refractivity contribution in [2.75, 3.05) is 27.3 Å². The quantitative estimate of drug-likeness (QED) is 0.605. The van der Waals surface area contributed by atoms with Crippen LogP contribution in [-0.2, 0) is 6.54 Å². The first-order valence-corrected chi connectivity index (χ1v) is 9.60. The largest absolute Gasteiger partial charge is 0.493 e. The van der Waals surface area contributed by atoms with Crippen LogP contribution in [0.15, 0.2) is 41.5 Å². The van der Waals surface area contributed by atoms with Gasteiger partial charge in [0.25, 0.3) is 0 Å². The predicted molar refractivity (Wildman–Crippen MR) is 109 cm³/mol. The van der Waals surface area contributed by atoms with E-state index in [2.05, 4.69) is 14.9 Å². The van der Waals surface area contributed by atoms with E-state index in [4.69, 9.17) is 19.9 Å². The normalized spacial score (nSPS) is 15.1. The number of ether oxygens (including phenoxy) is 3. The molecule has 7 nitrogen and oxygen atoms in total. The van der Waals surface area contributed by atoms with E-state index in [0.717, 1.165) is 18.7 Å². The SMILES string of the molecule is COc1cccc(OC)c1Oc1ccc(CN=C(N)N2CCCCCC2)cn1. The summed E-state index contributed by atoms with van der Waals surface area (Å²) < 4.78 is 16.6. The number of pyridine rings is 1. The second-order valence-corrected chi connectivity index (χ2v) is 6.67. The van der Waals surface area contributed by atoms with Crippen LogP contribution < -0.4 is 19.9 Å². The Balaban J connectivity index is 1.65. The molecule has 0 radical (unpaired) electrons. The van der Waals surface area contributed by atoms with Crippen LogP contribution >= 0.6 is 0 Å². The Hall–Kier alpha value is -2.96. The van der Waals surface area contributed by atoms with E-state index >= 15 is 0 Å². The zero-order valence-corrected chi connectivity index (χ0v) is 16.6. The first-order valence-electron chi connectivity index (χ1n) is 9.60. The number of methoxy groups -OCH3 is 2. The molecule has 1 aliphatic heterocycles. The summed E-state index contributed by atoms with van der Waals surface area (Å²) >= 11 is 0. The highest BCUT2D eigenvalue weighted by Gasteiger charge is 2.13. The van der Waals surface area contributed by atoms with Crippen LogP contribution in [0, 0.1) is 0 Å². The molecule has 7 heteroatoms. The van der Waals surface area contributed by atoms with Gasteiger partial charge >= 0.3 is 0 Å². The van der Waals surface area contributed by atoms with Gasteiger partial charge in [-0.15, -0.1) is 0 Å². The van der Waals surface area contributed by atoms with Crippen molar-refractivity contribution in [2.24, 2.45) is 10.7 Å². The van der Waals surface area contributed by atoms with Crippen molar-refractivity contribution in [2.45, 2.75) is 32.2 Å². The lowest BCUT2D eigenvalue weighted by molar-refractivity contribution is 0.342. The number of nitrogens with zero attached hydrogens (tertiary/aromatic N) is 3. The minimum absolute atomic E-state index is 0.455. The number of aliphatic imine (C=N–C) groups is 1. The second-order valence-electron chi connectivity index (χ2n) is 6.67. The van der Waals surface area contributed by atoms with Crippen LogP contribution in [0.25, 0.3) is 0 Å². The minimum Gasteiger partial charge on any atom is -0.493 e. The van der Waals surface area contributed by atoms with E-state index in [9.17, 15) is 0 Å². The maximum Gasteiger partial charge on any atom is 0.219 e. The third-order valence-electron chi connectivity index (χ3n) is 4.74. The molecule has 0 aliphatic carbocycles. The first kappa shape index (κ1) is 19.8. The molecule has 150 valence electrons. The number of hydrogen-bond acceptors (Lipinski definition) is 5. The molecule has 2 N–H and O–H groups in total. The van der Waals surface area contributed by atoms with E-state index in [1.807, 2.05) is 24.3 Å². The molecule has 1 saturated heterocycles. The maximum absolute atomic E-state index is 6.16. The third kappa shape index (κ3) is 5.06. The van der Waals surface area contributed by atoms with Gasteiger partial charge in [0.05, 0.1) is 20.8 Å². The summed E-state index contributed by atoms with van der Waals surface area (Å²) in [5.74, 6) is 2.73. The molecule has 2 heterocycles. The topological polar surface area (TPSA) is 82.2 Å². The fourth-order valence-corrected chi connectivity index (χ4v) is 3.16. The summed E-state index contributed by atoms with van der Waals surface area (Å²) in [6, 6.07) is 9.20. The molecule has 0 amide bonds. The molecule has 0 spiro atoms. The van der Waals surface area contributed by atoms with Crippen molar-refractivity contribution in [3.63, 3.8) is 0 Å². The van der Waals surface area contributed by atoms with E-state index in [0.29, 0.717) is 35.6 Å². The Bertz CT molecular complexity index is 762. The van der Waals surface area contributed by atoms with Crippen molar-refractivity contribution in [1.82, 2.24) is 9.88 Å². The Morgan fingerprint density at radius 3 is 2.29 bits per heavy atom. The number of rotatable bonds is 6. The molecule has 1 aromatic heterocycles. The van der Waals surface area contributed by atoms with Crippen molar-refractivity contribution in [3.8, 4) is 23.1 Å². The van der Waals surface area contributed by atoms with Crippen LogP contribution in [-0.4, -0.2) is 43.2 Å². The number of hydrogen-bond donors (Lipinski definition) is 1. The second kappa shape index (κ2) is 9.82. The van der Waals surface area contributed by atoms with Crippen LogP contribution in [0.3, 0.4) is 0 Å². The highest BCUT2D eigenvalue weighted by atomic mass is 16.5. The molecule has 1 aliphatic rings. The zero-order chi connectivity index (χ0) is 19.8. The summed E-state index contributed by atoms with van der Waals surface area (Å²) in [5, 5.41) is 0. The standard InChI is InChI=1S/C21H28N4O3/c1-26-17-8-7-9-18(27-2)20(17)28-19-11-10-16(14-23-19)15-24-21(22)25-12-5-3-4-6-13-25/h7-11,14H,3-6,12-13,15H2,1-2H3,(H2,22,24). The molecule has 1 fully saturated rings. The first-order chi connectivity index (χ1) is 13.7. The van der Waals surface area contributed by atoms with E-state index < -0.39 is 0 Å². The van der Waals surface area contributed by atoms with Crippen molar-refractivity contribution in [1.29, 1.82) is 0 Å². The fourth-order valence-electron chi connectivity index (χ4n) is 3.16. The van der Waals surface area contributed by atoms with Crippen LogP contribution in [0.5, 0.6) is 23.1 Å². The zero-order valence-electron chi connectivity index (χ0n) is 16.6. The van der Waals surface area contributed by atoms with Crippen molar-refractivity contribution >= 4 is 5.96 Å². The van der Waals surface area contributed by atoms with Crippen LogP contribution in [0.2, 0.25) is 0 Å². The molecule has 3 rings (SSSR count). The average Bonchev–Trinajstić information content (AvgIpc) is 3.03. The number of likely N-dealkylation sites (tertiary alicyclic amines) is 1. The number of nitrogens with two attached hydrogens (primary N) is 1. The van der Waals surface area contributed by atoms with E-state index in [-0.39, 0.29) is 0 Å². The minimum atomic E-state index is 0.455. The smallest absolute Gasteiger partial charge is 0.219 e. The average molecular weight is 384 g/mol. The van der Waals surface area contributed by atoms with Gasteiger partial charge in [-0.1, -0.05) is 25.0 Å². The summed E-state index contributed by atoms with van der Waals surface area (Å²) in [6.07, 6.45) is 6.64. The Labute approximate surface area is 166 Å². The van der Waals surface area contributed by atoms with Gasteiger partial charge < -0.3 is 24.8 Å². The molecular weight excluding hydrogens is 356 g/mol. The molecule has 2 aromatic rings. The number of para-hydroxylation sites is 1. The van der Waals surface area contributed by atoms with Crippen LogP contribution in [0.4, 0.5) is 0 Å². The van der Waals surface area contributed by atoms with Gasteiger partial charge in [0.1, 0.15) is 0 Å². The summed E-state index contributed by atoms with van der Waals surface area (Å²) in [6.45, 7) is 2.47. The lowest BCUT2D eigenvalue weighted by atomic mass is 10.2. The number of guanidine groups is 1. The van der Waals surface area contributed by atoms with Gasteiger partial charge in [-0.25, -0.2) is 9.98 Å².